The Labute approximate surface area is 128 Å². The van der Waals surface area contributed by atoms with Crippen molar-refractivity contribution in [1.29, 1.82) is 0 Å². The highest BCUT2D eigenvalue weighted by Gasteiger charge is 2.19. The predicted octanol–water partition coefficient (Wildman–Crippen LogP) is 2.34. The highest BCUT2D eigenvalue weighted by atomic mass is 16.5. The minimum atomic E-state index is -0.566. The van der Waals surface area contributed by atoms with Gasteiger partial charge in [0.1, 0.15) is 5.75 Å². The molecule has 21 heavy (non-hydrogen) atoms. The Morgan fingerprint density at radius 2 is 1.90 bits per heavy atom. The van der Waals surface area contributed by atoms with Crippen LogP contribution in [0.2, 0.25) is 0 Å². The molecule has 1 atom stereocenters. The number of nitrogens with zero attached hydrogens (tertiary/aromatic N) is 1. The fraction of sp³-hybridized carbons (Fsp3) is 0.647. The fourth-order valence-electron chi connectivity index (χ4n) is 2.24. The van der Waals surface area contributed by atoms with Crippen molar-refractivity contribution < 1.29 is 14.9 Å². The van der Waals surface area contributed by atoms with E-state index in [1.165, 1.54) is 5.56 Å². The molecule has 1 rings (SSSR count). The maximum Gasteiger partial charge on any atom is 0.124 e. The monoisotopic (exact) mass is 295 g/mol. The third-order valence-electron chi connectivity index (χ3n) is 3.72. The van der Waals surface area contributed by atoms with Gasteiger partial charge < -0.3 is 19.8 Å². The number of aliphatic hydroxyl groups excluding tert-OH is 2. The van der Waals surface area contributed by atoms with Crippen LogP contribution >= 0.6 is 0 Å². The first kappa shape index (κ1) is 18.0. The Kier molecular flexibility index (Phi) is 6.65. The van der Waals surface area contributed by atoms with E-state index < -0.39 is 6.10 Å². The number of likely N-dealkylation sites (N-methyl/N-ethyl adjacent to an activating group) is 1. The Morgan fingerprint density at radius 1 is 1.24 bits per heavy atom. The lowest BCUT2D eigenvalue weighted by Crippen LogP contribution is -2.24. The average Bonchev–Trinajstić information content (AvgIpc) is 2.43. The first-order valence-electron chi connectivity index (χ1n) is 7.45. The lowest BCUT2D eigenvalue weighted by molar-refractivity contribution is 0.138. The van der Waals surface area contributed by atoms with Gasteiger partial charge in [0.05, 0.1) is 19.8 Å². The van der Waals surface area contributed by atoms with Crippen molar-refractivity contribution in [2.45, 2.75) is 38.7 Å². The van der Waals surface area contributed by atoms with Crippen molar-refractivity contribution in [1.82, 2.24) is 4.90 Å². The largest absolute Gasteiger partial charge is 0.496 e. The summed E-state index contributed by atoms with van der Waals surface area (Å²) >= 11 is 0. The van der Waals surface area contributed by atoms with Gasteiger partial charge in [-0.05, 0) is 36.6 Å². The van der Waals surface area contributed by atoms with Crippen LogP contribution in [0.4, 0.5) is 0 Å². The molecule has 0 heterocycles. The highest BCUT2D eigenvalue weighted by molar-refractivity contribution is 5.41. The summed E-state index contributed by atoms with van der Waals surface area (Å²) in [4.78, 5) is 2.00. The average molecular weight is 295 g/mol. The number of ether oxygens (including phenoxy) is 1. The number of hydrogen-bond donors (Lipinski definition) is 2. The van der Waals surface area contributed by atoms with Crippen molar-refractivity contribution in [2.24, 2.45) is 0 Å². The van der Waals surface area contributed by atoms with Crippen molar-refractivity contribution in [3.8, 4) is 5.75 Å². The molecule has 0 aliphatic carbocycles. The molecule has 1 aromatic carbocycles. The molecule has 1 unspecified atom stereocenters. The van der Waals surface area contributed by atoms with Crippen LogP contribution in [0.15, 0.2) is 18.2 Å². The number of hydrogen-bond acceptors (Lipinski definition) is 4. The summed E-state index contributed by atoms with van der Waals surface area (Å²) in [7, 11) is 3.56. The van der Waals surface area contributed by atoms with Crippen LogP contribution in [0, 0.1) is 0 Å². The minimum Gasteiger partial charge on any atom is -0.496 e. The molecule has 0 bridgehead atoms. The van der Waals surface area contributed by atoms with E-state index in [1.807, 2.05) is 30.1 Å². The van der Waals surface area contributed by atoms with Gasteiger partial charge in [-0.1, -0.05) is 26.8 Å². The number of methoxy groups -OCH3 is 1. The molecular weight excluding hydrogens is 266 g/mol. The first-order valence-corrected chi connectivity index (χ1v) is 7.45. The quantitative estimate of drug-likeness (QED) is 0.811. The Morgan fingerprint density at radius 3 is 2.43 bits per heavy atom. The van der Waals surface area contributed by atoms with Gasteiger partial charge in [-0.2, -0.15) is 0 Å². The van der Waals surface area contributed by atoms with Crippen molar-refractivity contribution in [3.05, 3.63) is 29.3 Å². The second-order valence-electron chi connectivity index (χ2n) is 6.54. The molecule has 0 amide bonds. The normalized spacial score (nSPS) is 13.5. The van der Waals surface area contributed by atoms with E-state index in [1.54, 1.807) is 7.11 Å². The molecule has 2 N–H and O–H groups in total. The molecule has 0 aromatic heterocycles. The summed E-state index contributed by atoms with van der Waals surface area (Å²) in [5.74, 6) is 0.723. The summed E-state index contributed by atoms with van der Waals surface area (Å²) in [5.41, 5.74) is 2.05. The molecule has 0 fully saturated rings. The summed E-state index contributed by atoms with van der Waals surface area (Å²) in [6.07, 6.45) is 0.0453. The SMILES string of the molecule is COc1ccc(C(C)(C)C)cc1C(O)CCN(C)CCO. The van der Waals surface area contributed by atoms with E-state index in [2.05, 4.69) is 20.8 Å². The van der Waals surface area contributed by atoms with E-state index in [-0.39, 0.29) is 12.0 Å². The third-order valence-corrected chi connectivity index (χ3v) is 3.72. The van der Waals surface area contributed by atoms with Gasteiger partial charge >= 0.3 is 0 Å². The van der Waals surface area contributed by atoms with Crippen LogP contribution in [-0.2, 0) is 5.41 Å². The molecule has 0 saturated heterocycles. The number of aliphatic hydroxyl groups is 2. The molecule has 0 saturated carbocycles. The Hall–Kier alpha value is -1.10. The topological polar surface area (TPSA) is 52.9 Å². The van der Waals surface area contributed by atoms with Crippen molar-refractivity contribution in [2.75, 3.05) is 33.9 Å². The summed E-state index contributed by atoms with van der Waals surface area (Å²) in [5, 5.41) is 19.4. The maximum atomic E-state index is 10.5. The van der Waals surface area contributed by atoms with E-state index >= 15 is 0 Å². The van der Waals surface area contributed by atoms with Gasteiger partial charge in [-0.25, -0.2) is 0 Å². The predicted molar refractivity (Wildman–Crippen MR) is 85.9 cm³/mol. The van der Waals surface area contributed by atoms with Crippen LogP contribution in [0.1, 0.15) is 44.4 Å². The number of rotatable bonds is 7. The lowest BCUT2D eigenvalue weighted by atomic mass is 9.85. The van der Waals surface area contributed by atoms with E-state index in [0.29, 0.717) is 13.0 Å². The first-order chi connectivity index (χ1) is 9.79. The van der Waals surface area contributed by atoms with Gasteiger partial charge in [0.2, 0.25) is 0 Å². The van der Waals surface area contributed by atoms with Gasteiger partial charge in [0.15, 0.2) is 0 Å². The molecule has 0 aliphatic heterocycles. The second-order valence-corrected chi connectivity index (χ2v) is 6.54. The maximum absolute atomic E-state index is 10.5. The zero-order valence-electron chi connectivity index (χ0n) is 13.9. The van der Waals surface area contributed by atoms with Gasteiger partial charge in [0, 0.05) is 18.7 Å². The summed E-state index contributed by atoms with van der Waals surface area (Å²) < 4.78 is 5.37. The van der Waals surface area contributed by atoms with Gasteiger partial charge in [-0.3, -0.25) is 0 Å². The second kappa shape index (κ2) is 7.78. The Balaban J connectivity index is 2.88. The molecule has 1 aromatic rings. The van der Waals surface area contributed by atoms with Crippen LogP contribution in [0.3, 0.4) is 0 Å². The van der Waals surface area contributed by atoms with Gasteiger partial charge in [0.25, 0.3) is 0 Å². The van der Waals surface area contributed by atoms with Crippen LogP contribution in [0.5, 0.6) is 5.75 Å². The molecule has 0 aliphatic rings. The fourth-order valence-corrected chi connectivity index (χ4v) is 2.24. The zero-order valence-corrected chi connectivity index (χ0v) is 13.9. The smallest absolute Gasteiger partial charge is 0.124 e. The minimum absolute atomic E-state index is 0.0361. The van der Waals surface area contributed by atoms with E-state index in [4.69, 9.17) is 9.84 Å². The molecule has 120 valence electrons. The molecule has 0 spiro atoms. The standard InChI is InChI=1S/C17H29NO3/c1-17(2,3)13-6-7-16(21-5)14(12-13)15(20)8-9-18(4)10-11-19/h6-7,12,15,19-20H,8-11H2,1-5H3. The molecule has 4 nitrogen and oxygen atoms in total. The van der Waals surface area contributed by atoms with Gasteiger partial charge in [-0.15, -0.1) is 0 Å². The van der Waals surface area contributed by atoms with E-state index in [9.17, 15) is 5.11 Å². The van der Waals surface area contributed by atoms with Crippen LogP contribution in [0.25, 0.3) is 0 Å². The lowest BCUT2D eigenvalue weighted by Gasteiger charge is -2.24. The summed E-state index contributed by atoms with van der Waals surface area (Å²) in [6, 6.07) is 6.01. The molecule has 0 radical (unpaired) electrons. The third kappa shape index (κ3) is 5.30. The molecule has 4 heteroatoms. The van der Waals surface area contributed by atoms with Crippen molar-refractivity contribution >= 4 is 0 Å². The molecular formula is C17H29NO3. The summed E-state index contributed by atoms with van der Waals surface area (Å²) in [6.45, 7) is 7.94. The van der Waals surface area contributed by atoms with E-state index in [0.717, 1.165) is 17.9 Å². The van der Waals surface area contributed by atoms with Crippen LogP contribution in [-0.4, -0.2) is 49.0 Å². The zero-order chi connectivity index (χ0) is 16.0. The Bertz CT molecular complexity index is 440. The number of benzene rings is 1. The van der Waals surface area contributed by atoms with Crippen molar-refractivity contribution in [3.63, 3.8) is 0 Å². The van der Waals surface area contributed by atoms with Crippen LogP contribution < -0.4 is 4.74 Å². The highest BCUT2D eigenvalue weighted by Crippen LogP contribution is 2.32.